The number of hydrogen-bond acceptors (Lipinski definition) is 3. The molecule has 2 aliphatic heterocycles. The molecule has 5 nitrogen and oxygen atoms in total. The summed E-state index contributed by atoms with van der Waals surface area (Å²) in [6, 6.07) is 4.05. The minimum atomic E-state index is -3.46. The number of likely N-dealkylation sites (tertiary alicyclic amines) is 1. The predicted octanol–water partition coefficient (Wildman–Crippen LogP) is 2.76. The van der Waals surface area contributed by atoms with Gasteiger partial charge in [0.25, 0.3) is 0 Å². The Morgan fingerprint density at radius 2 is 1.54 bits per heavy atom. The zero-order valence-electron chi connectivity index (χ0n) is 15.0. The van der Waals surface area contributed by atoms with E-state index in [9.17, 15) is 13.6 Å². The van der Waals surface area contributed by atoms with Crippen molar-refractivity contribution in [3.63, 3.8) is 0 Å². The van der Waals surface area contributed by atoms with Gasteiger partial charge in [0.05, 0.1) is 4.90 Å². The zero-order valence-corrected chi connectivity index (χ0v) is 15.8. The van der Waals surface area contributed by atoms with Gasteiger partial charge >= 0.3 is 0 Å². The standard InChI is InChI=1S/C18H29N2O3S/c1-14-12-15(2)18(16(3)13-14)24(22,23)19-8-6-17(7-9-19)20(21)10-4-5-11-20/h12-13,17,21H,4-11H2,1-3H3/q+1. The van der Waals surface area contributed by atoms with E-state index in [2.05, 4.69) is 0 Å². The van der Waals surface area contributed by atoms with Crippen LogP contribution >= 0.6 is 0 Å². The highest BCUT2D eigenvalue weighted by Gasteiger charge is 2.43. The summed E-state index contributed by atoms with van der Waals surface area (Å²) in [6.07, 6.45) is 3.60. The lowest BCUT2D eigenvalue weighted by Gasteiger charge is -2.39. The van der Waals surface area contributed by atoms with Crippen molar-refractivity contribution in [2.24, 2.45) is 0 Å². The third-order valence-corrected chi connectivity index (χ3v) is 7.85. The highest BCUT2D eigenvalue weighted by molar-refractivity contribution is 7.89. The van der Waals surface area contributed by atoms with Crippen molar-refractivity contribution in [1.82, 2.24) is 4.31 Å². The van der Waals surface area contributed by atoms with Crippen LogP contribution in [-0.4, -0.2) is 54.8 Å². The summed E-state index contributed by atoms with van der Waals surface area (Å²) < 4.78 is 28.0. The Morgan fingerprint density at radius 3 is 2.04 bits per heavy atom. The molecule has 0 aliphatic carbocycles. The molecule has 3 rings (SSSR count). The molecule has 134 valence electrons. The molecule has 1 aromatic rings. The maximum absolute atomic E-state index is 13.1. The molecule has 2 fully saturated rings. The topological polar surface area (TPSA) is 57.6 Å². The fourth-order valence-electron chi connectivity index (χ4n) is 4.51. The van der Waals surface area contributed by atoms with Gasteiger partial charge in [0.15, 0.2) is 0 Å². The lowest BCUT2D eigenvalue weighted by molar-refractivity contribution is -1.11. The molecule has 2 saturated heterocycles. The Morgan fingerprint density at radius 1 is 1.04 bits per heavy atom. The molecule has 0 unspecified atom stereocenters. The van der Waals surface area contributed by atoms with Crippen molar-refractivity contribution in [3.05, 3.63) is 28.8 Å². The molecule has 0 spiro atoms. The van der Waals surface area contributed by atoms with Gasteiger partial charge in [-0.25, -0.2) is 13.6 Å². The van der Waals surface area contributed by atoms with E-state index in [1.807, 2.05) is 32.9 Å². The van der Waals surface area contributed by atoms with Gasteiger partial charge in [-0.05, 0) is 31.9 Å². The smallest absolute Gasteiger partial charge is 0.217 e. The molecule has 24 heavy (non-hydrogen) atoms. The number of aryl methyl sites for hydroxylation is 3. The van der Waals surface area contributed by atoms with Gasteiger partial charge in [0, 0.05) is 38.8 Å². The molecule has 0 bridgehead atoms. The molecule has 0 aromatic heterocycles. The van der Waals surface area contributed by atoms with Crippen LogP contribution in [0.5, 0.6) is 0 Å². The number of hydrogen-bond donors (Lipinski definition) is 1. The lowest BCUT2D eigenvalue weighted by atomic mass is 10.0. The first-order valence-electron chi connectivity index (χ1n) is 8.91. The zero-order chi connectivity index (χ0) is 17.5. The Kier molecular flexibility index (Phi) is 4.77. The molecule has 0 atom stereocenters. The SMILES string of the molecule is Cc1cc(C)c(S(=O)(=O)N2CCC([N+]3(O)CCCC3)CC2)c(C)c1. The number of rotatable bonds is 3. The number of quaternary nitrogens is 1. The van der Waals surface area contributed by atoms with Gasteiger partial charge in [-0.1, -0.05) is 17.7 Å². The summed E-state index contributed by atoms with van der Waals surface area (Å²) in [6.45, 7) is 8.36. The number of nitrogens with zero attached hydrogens (tertiary/aromatic N) is 2. The maximum atomic E-state index is 13.1. The van der Waals surface area contributed by atoms with Crippen molar-refractivity contribution in [2.45, 2.75) is 57.4 Å². The van der Waals surface area contributed by atoms with Crippen LogP contribution in [0.25, 0.3) is 0 Å². The van der Waals surface area contributed by atoms with Gasteiger partial charge < -0.3 is 0 Å². The number of benzene rings is 1. The van der Waals surface area contributed by atoms with E-state index in [1.165, 1.54) is 0 Å². The minimum absolute atomic E-state index is 0.149. The average Bonchev–Trinajstić information content (AvgIpc) is 2.94. The van der Waals surface area contributed by atoms with E-state index < -0.39 is 10.0 Å². The Hall–Kier alpha value is -0.950. The fraction of sp³-hybridized carbons (Fsp3) is 0.667. The van der Waals surface area contributed by atoms with Crippen LogP contribution in [0, 0.1) is 20.8 Å². The van der Waals surface area contributed by atoms with Crippen molar-refractivity contribution < 1.29 is 18.3 Å². The average molecular weight is 354 g/mol. The second-order valence-electron chi connectivity index (χ2n) is 7.50. The van der Waals surface area contributed by atoms with Crippen molar-refractivity contribution in [3.8, 4) is 0 Å². The first kappa shape index (κ1) is 17.9. The first-order chi connectivity index (χ1) is 11.2. The van der Waals surface area contributed by atoms with Crippen LogP contribution < -0.4 is 0 Å². The van der Waals surface area contributed by atoms with Crippen LogP contribution in [0.1, 0.15) is 42.4 Å². The number of hydroxylamine groups is 3. The summed E-state index contributed by atoms with van der Waals surface area (Å²) in [4.78, 5) is 0.459. The molecule has 2 heterocycles. The molecule has 0 saturated carbocycles. The van der Waals surface area contributed by atoms with Crippen molar-refractivity contribution in [2.75, 3.05) is 26.2 Å². The highest BCUT2D eigenvalue weighted by atomic mass is 32.2. The predicted molar refractivity (Wildman–Crippen MR) is 93.4 cm³/mol. The van der Waals surface area contributed by atoms with E-state index >= 15 is 0 Å². The van der Waals surface area contributed by atoms with Gasteiger partial charge in [-0.3, -0.25) is 0 Å². The molecular formula is C18H29N2O3S+. The molecule has 1 aromatic carbocycles. The van der Waals surface area contributed by atoms with Crippen LogP contribution in [0.4, 0.5) is 0 Å². The molecule has 1 N–H and O–H groups in total. The largest absolute Gasteiger partial charge is 0.243 e. The van der Waals surface area contributed by atoms with E-state index in [0.29, 0.717) is 18.0 Å². The van der Waals surface area contributed by atoms with E-state index in [-0.39, 0.29) is 10.7 Å². The van der Waals surface area contributed by atoms with E-state index in [4.69, 9.17) is 0 Å². The number of piperidine rings is 1. The van der Waals surface area contributed by atoms with Crippen LogP contribution in [-0.2, 0) is 10.0 Å². The molecule has 2 aliphatic rings. The first-order valence-corrected chi connectivity index (χ1v) is 10.4. The Labute approximate surface area is 145 Å². The third-order valence-electron chi connectivity index (χ3n) is 5.65. The molecular weight excluding hydrogens is 324 g/mol. The summed E-state index contributed by atoms with van der Waals surface area (Å²) in [7, 11) is -3.46. The summed E-state index contributed by atoms with van der Waals surface area (Å²) in [5.74, 6) is 0. The fourth-order valence-corrected chi connectivity index (χ4v) is 6.40. The number of sulfonamides is 1. The Bertz CT molecular complexity index is 693. The lowest BCUT2D eigenvalue weighted by Crippen LogP contribution is -2.55. The maximum Gasteiger partial charge on any atom is 0.243 e. The van der Waals surface area contributed by atoms with Gasteiger partial charge in [-0.15, -0.1) is 0 Å². The normalized spacial score (nSPS) is 22.8. The summed E-state index contributed by atoms with van der Waals surface area (Å²) >= 11 is 0. The minimum Gasteiger partial charge on any atom is -0.217 e. The monoisotopic (exact) mass is 353 g/mol. The summed E-state index contributed by atoms with van der Waals surface area (Å²) in [5.41, 5.74) is 2.73. The van der Waals surface area contributed by atoms with E-state index in [0.717, 1.165) is 55.5 Å². The van der Waals surface area contributed by atoms with Crippen LogP contribution in [0.2, 0.25) is 0 Å². The van der Waals surface area contributed by atoms with E-state index in [1.54, 1.807) is 4.31 Å². The molecule has 0 radical (unpaired) electrons. The van der Waals surface area contributed by atoms with Crippen LogP contribution in [0.15, 0.2) is 17.0 Å². The highest BCUT2D eigenvalue weighted by Crippen LogP contribution is 2.31. The summed E-state index contributed by atoms with van der Waals surface area (Å²) in [5, 5.41) is 10.7. The quantitative estimate of drug-likeness (QED) is 0.850. The van der Waals surface area contributed by atoms with Crippen molar-refractivity contribution >= 4 is 10.0 Å². The molecule has 0 amide bonds. The van der Waals surface area contributed by atoms with Crippen LogP contribution in [0.3, 0.4) is 0 Å². The van der Waals surface area contributed by atoms with Gasteiger partial charge in [0.1, 0.15) is 19.1 Å². The molecule has 6 heteroatoms. The van der Waals surface area contributed by atoms with Crippen molar-refractivity contribution in [1.29, 1.82) is 0 Å². The Balaban J connectivity index is 1.78. The third kappa shape index (κ3) is 3.12. The van der Waals surface area contributed by atoms with Gasteiger partial charge in [0.2, 0.25) is 10.0 Å². The second-order valence-corrected chi connectivity index (χ2v) is 9.38. The second kappa shape index (κ2) is 6.41. The van der Waals surface area contributed by atoms with Gasteiger partial charge in [-0.2, -0.15) is 8.95 Å².